The predicted octanol–water partition coefficient (Wildman–Crippen LogP) is 3.11. The van der Waals surface area contributed by atoms with E-state index < -0.39 is 35.8 Å². The summed E-state index contributed by atoms with van der Waals surface area (Å²) in [5.41, 5.74) is 11.6. The third kappa shape index (κ3) is 10.0. The number of carboxylic acid groups (broad SMARTS) is 2. The summed E-state index contributed by atoms with van der Waals surface area (Å²) in [7, 11) is 2.48. The first-order valence-corrected chi connectivity index (χ1v) is 14.4. The molecule has 0 radical (unpaired) electrons. The first-order valence-electron chi connectivity index (χ1n) is 12.3. The van der Waals surface area contributed by atoms with Gasteiger partial charge in [0.25, 0.3) is 11.8 Å². The molecule has 2 atom stereocenters. The highest BCUT2D eigenvalue weighted by Crippen LogP contribution is 2.40. The number of benzene rings is 2. The van der Waals surface area contributed by atoms with Crippen LogP contribution < -0.4 is 22.1 Å². The maximum Gasteiger partial charge on any atom is 0.326 e. The van der Waals surface area contributed by atoms with Crippen LogP contribution in [0.25, 0.3) is 0 Å². The van der Waals surface area contributed by atoms with E-state index in [-0.39, 0.29) is 12.8 Å². The topological polar surface area (TPSA) is 185 Å². The average molecular weight is 563 g/mol. The number of aliphatic carboxylic acids is 2. The molecule has 0 bridgehead atoms. The third-order valence-corrected chi connectivity index (χ3v) is 8.07. The molecule has 2 rings (SSSR count). The number of unbranched alkanes of at least 4 members (excludes halogenated alkanes) is 2. The van der Waals surface area contributed by atoms with Crippen molar-refractivity contribution in [1.29, 1.82) is 0 Å². The minimum Gasteiger partial charge on any atom is -0.480 e. The van der Waals surface area contributed by atoms with Gasteiger partial charge in [-0.2, -0.15) is 0 Å². The smallest absolute Gasteiger partial charge is 0.326 e. The lowest BCUT2D eigenvalue weighted by Crippen LogP contribution is -2.41. The Balaban J connectivity index is 2.13. The fraction of sp³-hybridized carbons (Fsp3) is 0.385. The van der Waals surface area contributed by atoms with Gasteiger partial charge < -0.3 is 32.3 Å². The van der Waals surface area contributed by atoms with Crippen LogP contribution in [0.15, 0.2) is 58.3 Å². The molecule has 0 heterocycles. The summed E-state index contributed by atoms with van der Waals surface area (Å²) in [5.74, 6) is -3.25. The van der Waals surface area contributed by atoms with Crippen LogP contribution in [-0.4, -0.2) is 59.1 Å². The molecular weight excluding hydrogens is 528 g/mol. The van der Waals surface area contributed by atoms with Gasteiger partial charge in [0.2, 0.25) is 0 Å². The molecular formula is C26H34N4O6S2. The Morgan fingerprint density at radius 3 is 1.37 bits per heavy atom. The number of nitrogens with two attached hydrogens (primary N) is 2. The Labute approximate surface area is 229 Å². The molecule has 0 aliphatic rings. The monoisotopic (exact) mass is 562 g/mol. The van der Waals surface area contributed by atoms with Crippen molar-refractivity contribution in [2.75, 3.05) is 13.1 Å². The molecule has 0 aliphatic heterocycles. The van der Waals surface area contributed by atoms with Crippen LogP contribution in [0.1, 0.15) is 59.2 Å². The molecule has 8 N–H and O–H groups in total. The second kappa shape index (κ2) is 16.7. The molecule has 0 aliphatic carbocycles. The number of amides is 2. The molecule has 0 saturated carbocycles. The SMILES string of the molecule is NCCCC[C@H](NC(=O)c1ccccc1SSc1ccccc1C(=O)N[C@@H](CCCCN)C(=O)O)C(=O)O. The number of nitrogens with one attached hydrogen (secondary N) is 2. The van der Waals surface area contributed by atoms with Gasteiger partial charge in [-0.05, 0) is 75.9 Å². The molecule has 10 nitrogen and oxygen atoms in total. The van der Waals surface area contributed by atoms with E-state index in [4.69, 9.17) is 11.5 Å². The molecule has 0 aromatic heterocycles. The number of carbonyl (C=O) groups is 4. The van der Waals surface area contributed by atoms with E-state index in [1.807, 2.05) is 0 Å². The number of hydrogen-bond acceptors (Lipinski definition) is 8. The zero-order chi connectivity index (χ0) is 27.9. The zero-order valence-electron chi connectivity index (χ0n) is 20.9. The number of rotatable bonds is 17. The minimum absolute atomic E-state index is 0.272. The van der Waals surface area contributed by atoms with Gasteiger partial charge in [-0.3, -0.25) is 9.59 Å². The van der Waals surface area contributed by atoms with Gasteiger partial charge in [-0.25, -0.2) is 9.59 Å². The van der Waals surface area contributed by atoms with E-state index >= 15 is 0 Å². The van der Waals surface area contributed by atoms with Crippen LogP contribution in [0, 0.1) is 0 Å². The number of carbonyl (C=O) groups excluding carboxylic acids is 2. The summed E-state index contributed by atoms with van der Waals surface area (Å²) < 4.78 is 0. The first-order chi connectivity index (χ1) is 18.3. The van der Waals surface area contributed by atoms with Crippen LogP contribution in [0.5, 0.6) is 0 Å². The summed E-state index contributed by atoms with van der Waals surface area (Å²) in [6, 6.07) is 11.5. The van der Waals surface area contributed by atoms with Crippen molar-refractivity contribution < 1.29 is 29.4 Å². The van der Waals surface area contributed by atoms with Gasteiger partial charge in [0.05, 0.1) is 11.1 Å². The summed E-state index contributed by atoms with van der Waals surface area (Å²) in [6.07, 6.45) is 3.03. The minimum atomic E-state index is -1.11. The van der Waals surface area contributed by atoms with Crippen molar-refractivity contribution in [2.45, 2.75) is 60.4 Å². The second-order valence-corrected chi connectivity index (χ2v) is 10.7. The third-order valence-electron chi connectivity index (χ3n) is 5.59. The van der Waals surface area contributed by atoms with Crippen LogP contribution in [0.3, 0.4) is 0 Å². The lowest BCUT2D eigenvalue weighted by Gasteiger charge is -2.17. The largest absolute Gasteiger partial charge is 0.480 e. The molecule has 12 heteroatoms. The van der Waals surface area contributed by atoms with Gasteiger partial charge >= 0.3 is 11.9 Å². The van der Waals surface area contributed by atoms with Gasteiger partial charge in [0, 0.05) is 9.79 Å². The molecule has 0 fully saturated rings. The molecule has 2 aromatic carbocycles. The normalized spacial score (nSPS) is 12.4. The van der Waals surface area contributed by atoms with Crippen LogP contribution >= 0.6 is 21.6 Å². The molecule has 0 saturated heterocycles. The standard InChI is InChI=1S/C26H34N4O6S2/c27-15-7-5-11-19(25(33)34)29-23(31)17-9-1-3-13-21(17)37-38-22-14-4-2-10-18(22)24(32)30-20(26(35)36)12-6-8-16-28/h1-4,9-10,13-14,19-20H,5-8,11-12,15-16,27-28H2,(H,29,31)(H,30,32)(H,33,34)(H,35,36)/t19-,20-/m0/s1. The number of carboxylic acids is 2. The maximum atomic E-state index is 12.9. The molecule has 38 heavy (non-hydrogen) atoms. The number of hydrogen-bond donors (Lipinski definition) is 6. The summed E-state index contributed by atoms with van der Waals surface area (Å²) in [5, 5.41) is 24.2. The quantitative estimate of drug-likeness (QED) is 0.124. The summed E-state index contributed by atoms with van der Waals surface area (Å²) >= 11 is 0. The zero-order valence-corrected chi connectivity index (χ0v) is 22.6. The van der Waals surface area contributed by atoms with Crippen LogP contribution in [-0.2, 0) is 9.59 Å². The van der Waals surface area contributed by atoms with Crippen molar-refractivity contribution in [3.8, 4) is 0 Å². The van der Waals surface area contributed by atoms with Crippen LogP contribution in [0.2, 0.25) is 0 Å². The lowest BCUT2D eigenvalue weighted by atomic mass is 10.1. The van der Waals surface area contributed by atoms with Gasteiger partial charge in [0.1, 0.15) is 12.1 Å². The predicted molar refractivity (Wildman–Crippen MR) is 148 cm³/mol. The Morgan fingerprint density at radius 1 is 0.658 bits per heavy atom. The Hall–Kier alpha value is -3.06. The van der Waals surface area contributed by atoms with Gasteiger partial charge in [0.15, 0.2) is 0 Å². The van der Waals surface area contributed by atoms with Crippen LogP contribution in [0.4, 0.5) is 0 Å². The van der Waals surface area contributed by atoms with E-state index in [2.05, 4.69) is 10.6 Å². The first kappa shape index (κ1) is 31.2. The lowest BCUT2D eigenvalue weighted by molar-refractivity contribution is -0.140. The fourth-order valence-electron chi connectivity index (χ4n) is 3.52. The Bertz CT molecular complexity index is 1020. The van der Waals surface area contributed by atoms with Crippen molar-refractivity contribution in [3.05, 3.63) is 59.7 Å². The average Bonchev–Trinajstić information content (AvgIpc) is 2.91. The van der Waals surface area contributed by atoms with Crippen molar-refractivity contribution >= 4 is 45.3 Å². The summed E-state index contributed by atoms with van der Waals surface area (Å²) in [6.45, 7) is 0.892. The Kier molecular flexibility index (Phi) is 13.7. The highest BCUT2D eigenvalue weighted by Gasteiger charge is 2.24. The van der Waals surface area contributed by atoms with E-state index in [1.54, 1.807) is 48.5 Å². The van der Waals surface area contributed by atoms with E-state index in [0.29, 0.717) is 59.7 Å². The maximum absolute atomic E-state index is 12.9. The van der Waals surface area contributed by atoms with Gasteiger partial charge in [-0.15, -0.1) is 0 Å². The highest BCUT2D eigenvalue weighted by atomic mass is 33.1. The van der Waals surface area contributed by atoms with Crippen molar-refractivity contribution in [1.82, 2.24) is 10.6 Å². The second-order valence-electron chi connectivity index (χ2n) is 8.46. The van der Waals surface area contributed by atoms with E-state index in [0.717, 1.165) is 0 Å². The molecule has 206 valence electrons. The molecule has 0 unspecified atom stereocenters. The highest BCUT2D eigenvalue weighted by molar-refractivity contribution is 8.76. The van der Waals surface area contributed by atoms with Crippen molar-refractivity contribution in [3.63, 3.8) is 0 Å². The molecule has 2 amide bonds. The summed E-state index contributed by atoms with van der Waals surface area (Å²) in [4.78, 5) is 50.3. The van der Waals surface area contributed by atoms with E-state index in [9.17, 15) is 29.4 Å². The Morgan fingerprint density at radius 2 is 1.03 bits per heavy atom. The van der Waals surface area contributed by atoms with Gasteiger partial charge in [-0.1, -0.05) is 45.9 Å². The fourth-order valence-corrected chi connectivity index (χ4v) is 5.88. The van der Waals surface area contributed by atoms with Crippen molar-refractivity contribution in [2.24, 2.45) is 11.5 Å². The molecule has 0 spiro atoms. The van der Waals surface area contributed by atoms with E-state index in [1.165, 1.54) is 21.6 Å². The molecule has 2 aromatic rings.